The van der Waals surface area contributed by atoms with Crippen LogP contribution < -0.4 is 15.0 Å². The summed E-state index contributed by atoms with van der Waals surface area (Å²) in [5.74, 6) is -1.23. The Morgan fingerprint density at radius 1 is 1.12 bits per heavy atom. The first-order valence-electron chi connectivity index (χ1n) is 10.9. The van der Waals surface area contributed by atoms with Crippen molar-refractivity contribution in [3.8, 4) is 5.75 Å². The van der Waals surface area contributed by atoms with Crippen LogP contribution in [0.2, 0.25) is 0 Å². The Balaban J connectivity index is 1.84. The van der Waals surface area contributed by atoms with E-state index in [1.165, 1.54) is 33.5 Å². The lowest BCUT2D eigenvalue weighted by atomic mass is 10.2. The molecule has 2 aromatic rings. The zero-order valence-corrected chi connectivity index (χ0v) is 20.1. The molecular formula is C23H27N3O7S. The monoisotopic (exact) mass is 489 g/mol. The minimum atomic E-state index is -3.77. The van der Waals surface area contributed by atoms with Gasteiger partial charge in [0.05, 0.1) is 22.8 Å². The van der Waals surface area contributed by atoms with Crippen LogP contribution in [0.25, 0.3) is 0 Å². The summed E-state index contributed by atoms with van der Waals surface area (Å²) >= 11 is 0. The molecule has 2 amide bonds. The van der Waals surface area contributed by atoms with E-state index in [4.69, 9.17) is 9.47 Å². The molecule has 1 N–H and O–H groups in total. The van der Waals surface area contributed by atoms with Crippen LogP contribution in [0.15, 0.2) is 47.4 Å². The van der Waals surface area contributed by atoms with Gasteiger partial charge >= 0.3 is 5.97 Å². The zero-order valence-electron chi connectivity index (χ0n) is 19.2. The number of fused-ring (bicyclic) bond motifs is 1. The lowest BCUT2D eigenvalue weighted by Gasteiger charge is -2.29. The van der Waals surface area contributed by atoms with Gasteiger partial charge in [0.2, 0.25) is 15.9 Å². The number of carbonyl (C=O) groups is 3. The molecule has 1 aliphatic heterocycles. The van der Waals surface area contributed by atoms with E-state index >= 15 is 0 Å². The van der Waals surface area contributed by atoms with Gasteiger partial charge in [0.15, 0.2) is 6.61 Å². The van der Waals surface area contributed by atoms with Crippen molar-refractivity contribution < 1.29 is 32.3 Å². The van der Waals surface area contributed by atoms with E-state index < -0.39 is 27.8 Å². The summed E-state index contributed by atoms with van der Waals surface area (Å²) in [5.41, 5.74) is 0.827. The molecule has 0 fully saturated rings. The van der Waals surface area contributed by atoms with Gasteiger partial charge in [-0.3, -0.25) is 14.5 Å². The highest BCUT2D eigenvalue weighted by atomic mass is 32.2. The van der Waals surface area contributed by atoms with Crippen LogP contribution in [0.4, 0.5) is 11.4 Å². The number of hydrogen-bond donors (Lipinski definition) is 1. The van der Waals surface area contributed by atoms with Crippen molar-refractivity contribution in [1.29, 1.82) is 0 Å². The van der Waals surface area contributed by atoms with Gasteiger partial charge in [-0.05, 0) is 43.3 Å². The van der Waals surface area contributed by atoms with E-state index in [-0.39, 0.29) is 35.9 Å². The third-order valence-corrected chi connectivity index (χ3v) is 7.22. The number of hydrogen-bond acceptors (Lipinski definition) is 7. The van der Waals surface area contributed by atoms with Crippen molar-refractivity contribution in [1.82, 2.24) is 4.31 Å². The predicted molar refractivity (Wildman–Crippen MR) is 125 cm³/mol. The Labute approximate surface area is 198 Å². The number of nitrogens with one attached hydrogen (secondary N) is 1. The van der Waals surface area contributed by atoms with Gasteiger partial charge in [0.1, 0.15) is 12.3 Å². The summed E-state index contributed by atoms with van der Waals surface area (Å²) in [6, 6.07) is 10.5. The quantitative estimate of drug-likeness (QED) is 0.536. The highest BCUT2D eigenvalue weighted by molar-refractivity contribution is 7.89. The van der Waals surface area contributed by atoms with Crippen molar-refractivity contribution in [3.63, 3.8) is 0 Å². The average Bonchev–Trinajstić information content (AvgIpc) is 2.81. The molecule has 3 rings (SSSR count). The fraction of sp³-hybridized carbons (Fsp3) is 0.348. The summed E-state index contributed by atoms with van der Waals surface area (Å²) in [4.78, 5) is 38.4. The molecule has 0 aromatic heterocycles. The molecule has 0 spiro atoms. The van der Waals surface area contributed by atoms with Crippen molar-refractivity contribution in [2.24, 2.45) is 0 Å². The largest absolute Gasteiger partial charge is 0.482 e. The van der Waals surface area contributed by atoms with Crippen LogP contribution >= 0.6 is 0 Å². The topological polar surface area (TPSA) is 122 Å². The molecule has 0 saturated carbocycles. The molecule has 0 atom stereocenters. The van der Waals surface area contributed by atoms with Gasteiger partial charge in [-0.25, -0.2) is 13.2 Å². The van der Waals surface area contributed by atoms with E-state index in [9.17, 15) is 22.8 Å². The molecule has 0 aliphatic carbocycles. The standard InChI is InChI=1S/C23H27N3O7S/c1-4-25(5-2)34(30,31)18-10-11-20-19(13-18)26(22(28)15-33-20)14-21(27)24-17-9-7-8-16(12-17)23(29)32-6-3/h7-13H,4-6,14-15H2,1-3H3,(H,24,27). The van der Waals surface area contributed by atoms with Crippen molar-refractivity contribution in [3.05, 3.63) is 48.0 Å². The Bertz CT molecular complexity index is 1190. The van der Waals surface area contributed by atoms with Gasteiger partial charge < -0.3 is 14.8 Å². The Morgan fingerprint density at radius 2 is 1.85 bits per heavy atom. The minimum Gasteiger partial charge on any atom is -0.482 e. The number of carbonyl (C=O) groups excluding carboxylic acids is 3. The first kappa shape index (κ1) is 25.2. The first-order valence-corrected chi connectivity index (χ1v) is 12.3. The second-order valence-corrected chi connectivity index (χ2v) is 9.27. The molecule has 10 nitrogen and oxygen atoms in total. The maximum absolute atomic E-state index is 12.9. The summed E-state index contributed by atoms with van der Waals surface area (Å²) in [7, 11) is -3.77. The zero-order chi connectivity index (χ0) is 24.9. The van der Waals surface area contributed by atoms with Gasteiger partial charge in [0, 0.05) is 18.8 Å². The van der Waals surface area contributed by atoms with Crippen molar-refractivity contribution in [2.75, 3.05) is 43.1 Å². The smallest absolute Gasteiger partial charge is 0.338 e. The Hall–Kier alpha value is -3.44. The fourth-order valence-corrected chi connectivity index (χ4v) is 4.99. The van der Waals surface area contributed by atoms with Crippen LogP contribution in [-0.2, 0) is 24.3 Å². The summed E-state index contributed by atoms with van der Waals surface area (Å²) in [6.07, 6.45) is 0. The predicted octanol–water partition coefficient (Wildman–Crippen LogP) is 2.26. The third-order valence-electron chi connectivity index (χ3n) is 5.18. The van der Waals surface area contributed by atoms with E-state index in [0.717, 1.165) is 0 Å². The summed E-state index contributed by atoms with van der Waals surface area (Å²) < 4.78 is 37.6. The molecule has 1 aliphatic rings. The van der Waals surface area contributed by atoms with E-state index in [2.05, 4.69) is 5.32 Å². The second kappa shape index (κ2) is 10.7. The molecule has 0 unspecified atom stereocenters. The molecule has 0 saturated heterocycles. The maximum atomic E-state index is 12.9. The van der Waals surface area contributed by atoms with Crippen LogP contribution in [0.3, 0.4) is 0 Å². The molecule has 0 radical (unpaired) electrons. The van der Waals surface area contributed by atoms with Gasteiger partial charge in [0.25, 0.3) is 5.91 Å². The number of sulfonamides is 1. The van der Waals surface area contributed by atoms with Crippen LogP contribution in [0.1, 0.15) is 31.1 Å². The highest BCUT2D eigenvalue weighted by Gasteiger charge is 2.30. The van der Waals surface area contributed by atoms with Crippen LogP contribution in [0, 0.1) is 0 Å². The molecule has 1 heterocycles. The lowest BCUT2D eigenvalue weighted by Crippen LogP contribution is -2.43. The molecule has 2 aromatic carbocycles. The Morgan fingerprint density at radius 3 is 2.53 bits per heavy atom. The average molecular weight is 490 g/mol. The molecular weight excluding hydrogens is 462 g/mol. The van der Waals surface area contributed by atoms with Crippen molar-refractivity contribution in [2.45, 2.75) is 25.7 Å². The first-order chi connectivity index (χ1) is 16.2. The van der Waals surface area contributed by atoms with Crippen molar-refractivity contribution >= 4 is 39.2 Å². The number of amides is 2. The number of ether oxygens (including phenoxy) is 2. The molecule has 182 valence electrons. The molecule has 0 bridgehead atoms. The van der Waals surface area contributed by atoms with Gasteiger partial charge in [-0.2, -0.15) is 4.31 Å². The SMILES string of the molecule is CCOC(=O)c1cccc(NC(=O)CN2C(=O)COc3ccc(S(=O)(=O)N(CC)CC)cc32)c1. The maximum Gasteiger partial charge on any atom is 0.338 e. The fourth-order valence-electron chi connectivity index (χ4n) is 3.51. The Kier molecular flexibility index (Phi) is 7.90. The van der Waals surface area contributed by atoms with Gasteiger partial charge in [-0.1, -0.05) is 19.9 Å². The van der Waals surface area contributed by atoms with Crippen LogP contribution in [-0.4, -0.2) is 63.4 Å². The van der Waals surface area contributed by atoms with E-state index in [0.29, 0.717) is 24.5 Å². The molecule has 11 heteroatoms. The number of nitrogens with zero attached hydrogens (tertiary/aromatic N) is 2. The van der Waals surface area contributed by atoms with Gasteiger partial charge in [-0.15, -0.1) is 0 Å². The normalized spacial score (nSPS) is 13.3. The summed E-state index contributed by atoms with van der Waals surface area (Å²) in [6.45, 7) is 5.33. The minimum absolute atomic E-state index is 0.000737. The number of esters is 1. The third kappa shape index (κ3) is 5.37. The number of benzene rings is 2. The summed E-state index contributed by atoms with van der Waals surface area (Å²) in [5, 5.41) is 2.65. The highest BCUT2D eigenvalue weighted by Crippen LogP contribution is 2.35. The lowest BCUT2D eigenvalue weighted by molar-refractivity contribution is -0.123. The van der Waals surface area contributed by atoms with E-state index in [1.807, 2.05) is 0 Å². The van der Waals surface area contributed by atoms with E-state index in [1.54, 1.807) is 39.0 Å². The number of rotatable bonds is 9. The number of anilines is 2. The second-order valence-electron chi connectivity index (χ2n) is 7.34. The molecule has 34 heavy (non-hydrogen) atoms. The van der Waals surface area contributed by atoms with Crippen LogP contribution in [0.5, 0.6) is 5.75 Å².